The van der Waals surface area contributed by atoms with Gasteiger partial charge in [-0.1, -0.05) is 0 Å². The van der Waals surface area contributed by atoms with Crippen LogP contribution in [-0.4, -0.2) is 19.2 Å². The summed E-state index contributed by atoms with van der Waals surface area (Å²) in [5, 5.41) is 15.7. The van der Waals surface area contributed by atoms with Crippen LogP contribution >= 0.6 is 11.8 Å². The van der Waals surface area contributed by atoms with Gasteiger partial charge in [0.25, 0.3) is 5.69 Å². The topological polar surface area (TPSA) is 93.8 Å². The highest BCUT2D eigenvalue weighted by Crippen LogP contribution is 2.31. The Hall–Kier alpha value is -2.41. The molecule has 0 amide bonds. The maximum Gasteiger partial charge on any atom is 0.280 e. The normalized spacial score (nSPS) is 11.2. The van der Waals surface area contributed by atoms with E-state index in [1.807, 2.05) is 0 Å². The van der Waals surface area contributed by atoms with E-state index in [1.165, 1.54) is 24.4 Å². The molecule has 3 aromatic rings. The lowest BCUT2D eigenvalue weighted by atomic mass is 10.1. The van der Waals surface area contributed by atoms with Crippen molar-refractivity contribution in [1.29, 1.82) is 0 Å². The first kappa shape index (κ1) is 10.7. The van der Waals surface area contributed by atoms with Gasteiger partial charge in [0.05, 0.1) is 27.5 Å². The lowest BCUT2D eigenvalue weighted by Gasteiger charge is -2.01. The number of H-pyrrole nitrogens is 1. The molecule has 8 heteroatoms. The Labute approximate surface area is 104 Å². The second-order valence-electron chi connectivity index (χ2n) is 3.70. The van der Waals surface area contributed by atoms with Crippen LogP contribution in [0.3, 0.4) is 0 Å². The van der Waals surface area contributed by atoms with E-state index >= 15 is 0 Å². The number of pyridine rings is 1. The summed E-state index contributed by atoms with van der Waals surface area (Å²) in [5.74, 6) is 0. The molecule has 0 saturated carbocycles. The number of nitro groups is 1. The number of nitro benzene ring substituents is 1. The van der Waals surface area contributed by atoms with Crippen molar-refractivity contribution >= 4 is 39.3 Å². The summed E-state index contributed by atoms with van der Waals surface area (Å²) >= 11 is 5.78. The van der Waals surface area contributed by atoms with E-state index in [0.717, 1.165) is 4.20 Å². The SMILES string of the molecule is O=c1ccc2c([N+](=O)[O-])cc3c(cnn3Cl)c2[nH]1. The predicted molar refractivity (Wildman–Crippen MR) is 65.8 cm³/mol. The van der Waals surface area contributed by atoms with Crippen molar-refractivity contribution in [3.8, 4) is 0 Å². The third-order valence-electron chi connectivity index (χ3n) is 2.70. The number of hydrogen-bond acceptors (Lipinski definition) is 4. The molecule has 0 aliphatic heterocycles. The number of fused-ring (bicyclic) bond motifs is 3. The molecule has 0 fully saturated rings. The van der Waals surface area contributed by atoms with Crippen LogP contribution in [0.1, 0.15) is 0 Å². The molecule has 18 heavy (non-hydrogen) atoms. The zero-order valence-electron chi connectivity index (χ0n) is 8.75. The number of aromatic nitrogens is 3. The fourth-order valence-electron chi connectivity index (χ4n) is 1.92. The lowest BCUT2D eigenvalue weighted by Crippen LogP contribution is -2.03. The van der Waals surface area contributed by atoms with E-state index in [2.05, 4.69) is 10.1 Å². The number of aromatic amines is 1. The lowest BCUT2D eigenvalue weighted by molar-refractivity contribution is -0.383. The summed E-state index contributed by atoms with van der Waals surface area (Å²) in [7, 11) is 0. The van der Waals surface area contributed by atoms with Gasteiger partial charge in [-0.05, 0) is 6.07 Å². The Kier molecular flexibility index (Phi) is 2.11. The maximum absolute atomic E-state index is 11.3. The average Bonchev–Trinajstić information content (AvgIpc) is 2.70. The minimum Gasteiger partial charge on any atom is -0.321 e. The number of non-ortho nitro benzene ring substituents is 1. The van der Waals surface area contributed by atoms with Gasteiger partial charge >= 0.3 is 0 Å². The van der Waals surface area contributed by atoms with E-state index in [1.54, 1.807) is 0 Å². The number of halogens is 1. The molecule has 0 unspecified atom stereocenters. The molecule has 1 N–H and O–H groups in total. The first-order chi connectivity index (χ1) is 8.58. The molecule has 2 heterocycles. The molecular weight excluding hydrogens is 260 g/mol. The van der Waals surface area contributed by atoms with Crippen molar-refractivity contribution in [3.63, 3.8) is 0 Å². The van der Waals surface area contributed by atoms with E-state index in [-0.39, 0.29) is 11.2 Å². The largest absolute Gasteiger partial charge is 0.321 e. The van der Waals surface area contributed by atoms with Gasteiger partial charge in [-0.25, -0.2) is 0 Å². The van der Waals surface area contributed by atoms with Crippen molar-refractivity contribution in [2.24, 2.45) is 0 Å². The van der Waals surface area contributed by atoms with Crippen LogP contribution in [0, 0.1) is 10.1 Å². The van der Waals surface area contributed by atoms with Gasteiger partial charge < -0.3 is 4.98 Å². The molecule has 0 aliphatic carbocycles. The summed E-state index contributed by atoms with van der Waals surface area (Å²) in [6, 6.07) is 3.99. The highest BCUT2D eigenvalue weighted by molar-refractivity contribution is 6.20. The van der Waals surface area contributed by atoms with Gasteiger partial charge in [0.1, 0.15) is 0 Å². The molecule has 0 bridgehead atoms. The molecule has 90 valence electrons. The molecule has 3 rings (SSSR count). The minimum absolute atomic E-state index is 0.129. The summed E-state index contributed by atoms with van der Waals surface area (Å²) in [5.41, 5.74) is 0.263. The maximum atomic E-state index is 11.3. The fraction of sp³-hybridized carbons (Fsp3) is 0. The van der Waals surface area contributed by atoms with Crippen molar-refractivity contribution in [2.45, 2.75) is 0 Å². The van der Waals surface area contributed by atoms with Gasteiger partial charge in [-0.3, -0.25) is 14.9 Å². The summed E-state index contributed by atoms with van der Waals surface area (Å²) in [6.07, 6.45) is 1.45. The standard InChI is InChI=1S/C10H5ClN4O3/c11-14-7-3-8(15(17)18)5-1-2-9(16)13-10(5)6(7)4-12-14/h1-4H,(H,13,16). The van der Waals surface area contributed by atoms with Crippen LogP contribution in [0.25, 0.3) is 21.8 Å². The summed E-state index contributed by atoms with van der Waals surface area (Å²) < 4.78 is 1.01. The van der Waals surface area contributed by atoms with E-state index in [9.17, 15) is 14.9 Å². The van der Waals surface area contributed by atoms with Crippen LogP contribution in [0.15, 0.2) is 29.2 Å². The van der Waals surface area contributed by atoms with Crippen molar-refractivity contribution in [1.82, 2.24) is 14.3 Å². The van der Waals surface area contributed by atoms with Crippen LogP contribution in [0.5, 0.6) is 0 Å². The predicted octanol–water partition coefficient (Wildman–Crippen LogP) is 1.79. The minimum atomic E-state index is -0.524. The van der Waals surface area contributed by atoms with E-state index < -0.39 is 4.92 Å². The molecule has 0 spiro atoms. The van der Waals surface area contributed by atoms with E-state index in [0.29, 0.717) is 21.8 Å². The number of nitrogens with one attached hydrogen (secondary N) is 1. The highest BCUT2D eigenvalue weighted by atomic mass is 35.5. The van der Waals surface area contributed by atoms with Gasteiger partial charge in [-0.2, -0.15) is 9.30 Å². The highest BCUT2D eigenvalue weighted by Gasteiger charge is 2.18. The molecule has 1 aromatic carbocycles. The second-order valence-corrected chi connectivity index (χ2v) is 4.02. The van der Waals surface area contributed by atoms with Crippen molar-refractivity contribution in [2.75, 3.05) is 0 Å². The van der Waals surface area contributed by atoms with Crippen molar-refractivity contribution in [3.05, 3.63) is 44.9 Å². The fourth-order valence-corrected chi connectivity index (χ4v) is 2.10. The zero-order valence-corrected chi connectivity index (χ0v) is 9.51. The van der Waals surface area contributed by atoms with Crippen LogP contribution in [0.2, 0.25) is 0 Å². The third-order valence-corrected chi connectivity index (χ3v) is 2.97. The third kappa shape index (κ3) is 1.37. The Morgan fingerprint density at radius 2 is 2.17 bits per heavy atom. The first-order valence-electron chi connectivity index (χ1n) is 4.92. The molecule has 0 aliphatic rings. The molecule has 0 radical (unpaired) electrons. The van der Waals surface area contributed by atoms with Gasteiger partial charge in [0, 0.05) is 29.3 Å². The number of rotatable bonds is 1. The van der Waals surface area contributed by atoms with Gasteiger partial charge in [-0.15, -0.1) is 0 Å². The van der Waals surface area contributed by atoms with Crippen LogP contribution in [-0.2, 0) is 0 Å². The summed E-state index contributed by atoms with van der Waals surface area (Å²) in [6.45, 7) is 0. The number of hydrogen-bond donors (Lipinski definition) is 1. The Morgan fingerprint density at radius 1 is 1.39 bits per heavy atom. The molecule has 7 nitrogen and oxygen atoms in total. The van der Waals surface area contributed by atoms with E-state index in [4.69, 9.17) is 11.8 Å². The summed E-state index contributed by atoms with van der Waals surface area (Å²) in [4.78, 5) is 24.4. The quantitative estimate of drug-likeness (QED) is 0.535. The van der Waals surface area contributed by atoms with Crippen LogP contribution < -0.4 is 5.56 Å². The molecular formula is C10H5ClN4O3. The number of benzene rings is 1. The smallest absolute Gasteiger partial charge is 0.280 e. The molecule has 0 atom stereocenters. The molecule has 2 aromatic heterocycles. The Bertz CT molecular complexity index is 851. The van der Waals surface area contributed by atoms with Crippen molar-refractivity contribution < 1.29 is 4.92 Å². The Balaban J connectivity index is 2.64. The first-order valence-corrected chi connectivity index (χ1v) is 5.26. The Morgan fingerprint density at radius 3 is 2.89 bits per heavy atom. The molecule has 0 saturated heterocycles. The van der Waals surface area contributed by atoms with Gasteiger partial charge in [0.2, 0.25) is 5.56 Å². The zero-order chi connectivity index (χ0) is 12.9. The average molecular weight is 265 g/mol. The monoisotopic (exact) mass is 264 g/mol. The number of nitrogens with zero attached hydrogens (tertiary/aromatic N) is 3. The van der Waals surface area contributed by atoms with Gasteiger partial charge in [0.15, 0.2) is 0 Å². The second kappa shape index (κ2) is 3.54. The van der Waals surface area contributed by atoms with Crippen LogP contribution in [0.4, 0.5) is 5.69 Å².